The molecule has 6 heteroatoms. The Morgan fingerprint density at radius 3 is 2.70 bits per heavy atom. The van der Waals surface area contributed by atoms with Gasteiger partial charge in [-0.05, 0) is 29.5 Å². The maximum absolute atomic E-state index is 10.7. The Hall–Kier alpha value is -2.20. The number of methoxy groups -OCH3 is 1. The van der Waals surface area contributed by atoms with Crippen molar-refractivity contribution in [3.05, 3.63) is 39.8 Å². The molecule has 1 rings (SSSR count). The summed E-state index contributed by atoms with van der Waals surface area (Å²) in [6, 6.07) is 5.16. The zero-order valence-electron chi connectivity index (χ0n) is 11.9. The van der Waals surface area contributed by atoms with Crippen molar-refractivity contribution in [2.45, 2.75) is 38.6 Å². The summed E-state index contributed by atoms with van der Waals surface area (Å²) in [6.07, 6.45) is 0.191. The second kappa shape index (κ2) is 7.40. The van der Waals surface area contributed by atoms with Gasteiger partial charge in [0.15, 0.2) is 0 Å². The van der Waals surface area contributed by atoms with E-state index in [1.54, 1.807) is 0 Å². The topological polar surface area (TPSA) is 95.3 Å². The van der Waals surface area contributed by atoms with E-state index in [0.717, 1.165) is 11.1 Å². The summed E-state index contributed by atoms with van der Waals surface area (Å²) in [5, 5.41) is 12.5. The zero-order valence-corrected chi connectivity index (χ0v) is 11.9. The summed E-state index contributed by atoms with van der Waals surface area (Å²) in [4.78, 5) is 13.5. The van der Waals surface area contributed by atoms with Gasteiger partial charge in [0.1, 0.15) is 5.75 Å². The van der Waals surface area contributed by atoms with Crippen molar-refractivity contribution >= 4 is 5.97 Å². The largest absolute Gasteiger partial charge is 0.496 e. The molecule has 1 N–H and O–H groups in total. The fourth-order valence-corrected chi connectivity index (χ4v) is 1.97. The quantitative estimate of drug-likeness (QED) is 0.463. The average molecular weight is 277 g/mol. The number of carbonyl (C=O) groups is 1. The number of carboxylic acids is 1. The number of aliphatic carboxylic acids is 1. The molecule has 0 amide bonds. The molecule has 0 saturated carbocycles. The SMILES string of the molecule is COc1ccc(C(C)C)cc1C(CCC(=O)O)N=[N+]=[N-]. The first-order valence-corrected chi connectivity index (χ1v) is 6.43. The highest BCUT2D eigenvalue weighted by molar-refractivity contribution is 5.66. The van der Waals surface area contributed by atoms with Crippen molar-refractivity contribution < 1.29 is 14.6 Å². The molecular weight excluding hydrogens is 258 g/mol. The molecule has 0 saturated heterocycles. The van der Waals surface area contributed by atoms with E-state index < -0.39 is 12.0 Å². The summed E-state index contributed by atoms with van der Waals surface area (Å²) in [7, 11) is 1.54. The molecule has 6 nitrogen and oxygen atoms in total. The smallest absolute Gasteiger partial charge is 0.303 e. The lowest BCUT2D eigenvalue weighted by Gasteiger charge is -2.17. The van der Waals surface area contributed by atoms with E-state index in [2.05, 4.69) is 23.9 Å². The van der Waals surface area contributed by atoms with Crippen LogP contribution in [0.4, 0.5) is 0 Å². The van der Waals surface area contributed by atoms with Crippen LogP contribution in [0.2, 0.25) is 0 Å². The Morgan fingerprint density at radius 1 is 1.50 bits per heavy atom. The number of hydrogen-bond acceptors (Lipinski definition) is 3. The Kier molecular flexibility index (Phi) is 5.87. The molecule has 0 aliphatic heterocycles. The molecule has 0 heterocycles. The van der Waals surface area contributed by atoms with Gasteiger partial charge in [-0.1, -0.05) is 31.1 Å². The van der Waals surface area contributed by atoms with Gasteiger partial charge in [-0.25, -0.2) is 0 Å². The molecule has 0 radical (unpaired) electrons. The van der Waals surface area contributed by atoms with Crippen LogP contribution >= 0.6 is 0 Å². The number of benzene rings is 1. The van der Waals surface area contributed by atoms with Gasteiger partial charge < -0.3 is 9.84 Å². The third-order valence-corrected chi connectivity index (χ3v) is 3.10. The first kappa shape index (κ1) is 15.9. The van der Waals surface area contributed by atoms with E-state index in [1.165, 1.54) is 7.11 Å². The van der Waals surface area contributed by atoms with Crippen molar-refractivity contribution in [2.75, 3.05) is 7.11 Å². The van der Waals surface area contributed by atoms with Crippen LogP contribution in [0.3, 0.4) is 0 Å². The number of carboxylic acid groups (broad SMARTS) is 1. The van der Waals surface area contributed by atoms with Crippen LogP contribution < -0.4 is 4.74 Å². The van der Waals surface area contributed by atoms with Crippen molar-refractivity contribution in [1.82, 2.24) is 0 Å². The molecule has 20 heavy (non-hydrogen) atoms. The number of ether oxygens (including phenoxy) is 1. The summed E-state index contributed by atoms with van der Waals surface area (Å²) in [5.41, 5.74) is 10.5. The van der Waals surface area contributed by atoms with Crippen LogP contribution in [0.5, 0.6) is 5.75 Å². The molecular formula is C14H19N3O3. The lowest BCUT2D eigenvalue weighted by atomic mass is 9.95. The minimum absolute atomic E-state index is 0.0568. The van der Waals surface area contributed by atoms with E-state index >= 15 is 0 Å². The molecule has 0 aliphatic carbocycles. The van der Waals surface area contributed by atoms with Crippen molar-refractivity contribution in [3.8, 4) is 5.75 Å². The first-order valence-electron chi connectivity index (χ1n) is 6.43. The molecule has 0 aliphatic rings. The minimum atomic E-state index is -0.915. The number of rotatable bonds is 7. The van der Waals surface area contributed by atoms with E-state index in [9.17, 15) is 4.79 Å². The average Bonchev–Trinajstić information content (AvgIpc) is 2.42. The van der Waals surface area contributed by atoms with Crippen LogP contribution in [-0.2, 0) is 4.79 Å². The fraction of sp³-hybridized carbons (Fsp3) is 0.500. The molecule has 1 aromatic rings. The highest BCUT2D eigenvalue weighted by atomic mass is 16.5. The van der Waals surface area contributed by atoms with Gasteiger partial charge in [0, 0.05) is 16.9 Å². The highest BCUT2D eigenvalue weighted by Crippen LogP contribution is 2.33. The summed E-state index contributed by atoms with van der Waals surface area (Å²) in [5.74, 6) is 0.0187. The van der Waals surface area contributed by atoms with Gasteiger partial charge >= 0.3 is 5.97 Å². The van der Waals surface area contributed by atoms with Crippen LogP contribution in [-0.4, -0.2) is 18.2 Å². The van der Waals surface area contributed by atoms with E-state index in [1.807, 2.05) is 18.2 Å². The molecule has 108 valence electrons. The molecule has 0 spiro atoms. The Morgan fingerprint density at radius 2 is 2.20 bits per heavy atom. The van der Waals surface area contributed by atoms with Crippen molar-refractivity contribution in [1.29, 1.82) is 0 Å². The predicted molar refractivity (Wildman–Crippen MR) is 75.8 cm³/mol. The summed E-state index contributed by atoms with van der Waals surface area (Å²) >= 11 is 0. The van der Waals surface area contributed by atoms with Gasteiger partial charge in [-0.3, -0.25) is 4.79 Å². The number of hydrogen-bond donors (Lipinski definition) is 1. The minimum Gasteiger partial charge on any atom is -0.496 e. The van der Waals surface area contributed by atoms with Gasteiger partial charge in [-0.15, -0.1) is 0 Å². The standard InChI is InChI=1S/C14H19N3O3/c1-9(2)10-4-6-13(20-3)11(8-10)12(16-17-15)5-7-14(18)19/h4,6,8-9,12H,5,7H2,1-3H3,(H,18,19). The van der Waals surface area contributed by atoms with Gasteiger partial charge in [0.25, 0.3) is 0 Å². The van der Waals surface area contributed by atoms with E-state index in [-0.39, 0.29) is 12.8 Å². The maximum atomic E-state index is 10.7. The molecule has 1 atom stereocenters. The van der Waals surface area contributed by atoms with Crippen LogP contribution in [0.1, 0.15) is 49.8 Å². The van der Waals surface area contributed by atoms with E-state index in [0.29, 0.717) is 11.7 Å². The Balaban J connectivity index is 3.18. The van der Waals surface area contributed by atoms with Gasteiger partial charge in [-0.2, -0.15) is 0 Å². The molecule has 0 aromatic heterocycles. The van der Waals surface area contributed by atoms with Gasteiger partial charge in [0.2, 0.25) is 0 Å². The zero-order chi connectivity index (χ0) is 15.1. The lowest BCUT2D eigenvalue weighted by molar-refractivity contribution is -0.137. The monoisotopic (exact) mass is 277 g/mol. The third-order valence-electron chi connectivity index (χ3n) is 3.10. The highest BCUT2D eigenvalue weighted by Gasteiger charge is 2.17. The van der Waals surface area contributed by atoms with Crippen molar-refractivity contribution in [3.63, 3.8) is 0 Å². The molecule has 1 unspecified atom stereocenters. The van der Waals surface area contributed by atoms with Crippen LogP contribution in [0.25, 0.3) is 10.4 Å². The van der Waals surface area contributed by atoms with Gasteiger partial charge in [0.05, 0.1) is 13.2 Å². The predicted octanol–water partition coefficient (Wildman–Crippen LogP) is 4.03. The summed E-state index contributed by atoms with van der Waals surface area (Å²) < 4.78 is 5.28. The maximum Gasteiger partial charge on any atom is 0.303 e. The molecule has 0 fully saturated rings. The molecule has 0 bridgehead atoms. The lowest BCUT2D eigenvalue weighted by Crippen LogP contribution is -2.04. The fourth-order valence-electron chi connectivity index (χ4n) is 1.97. The first-order chi connectivity index (χ1) is 9.49. The normalized spacial score (nSPS) is 11.8. The van der Waals surface area contributed by atoms with Crippen LogP contribution in [0, 0.1) is 0 Å². The van der Waals surface area contributed by atoms with E-state index in [4.69, 9.17) is 15.4 Å². The Labute approximate surface area is 118 Å². The summed E-state index contributed by atoms with van der Waals surface area (Å²) in [6.45, 7) is 4.12. The number of nitrogens with zero attached hydrogens (tertiary/aromatic N) is 3. The second-order valence-electron chi connectivity index (χ2n) is 4.81. The molecule has 1 aromatic carbocycles. The van der Waals surface area contributed by atoms with Crippen molar-refractivity contribution in [2.24, 2.45) is 5.11 Å². The van der Waals surface area contributed by atoms with Crippen LogP contribution in [0.15, 0.2) is 23.3 Å². The Bertz CT molecular complexity index is 522. The second-order valence-corrected chi connectivity index (χ2v) is 4.81. The number of azide groups is 1. The third kappa shape index (κ3) is 4.17.